The zero-order valence-electron chi connectivity index (χ0n) is 18.0. The van der Waals surface area contributed by atoms with E-state index in [1.807, 2.05) is 0 Å². The lowest BCUT2D eigenvalue weighted by atomic mass is 10.1. The van der Waals surface area contributed by atoms with Crippen molar-refractivity contribution in [2.75, 3.05) is 29.3 Å². The fraction of sp³-hybridized carbons (Fsp3) is 0.391. The number of para-hydroxylation sites is 1. The van der Waals surface area contributed by atoms with E-state index in [0.717, 1.165) is 24.9 Å². The van der Waals surface area contributed by atoms with Crippen LogP contribution in [0, 0.1) is 6.92 Å². The summed E-state index contributed by atoms with van der Waals surface area (Å²) < 4.78 is 34.2. The van der Waals surface area contributed by atoms with Crippen LogP contribution in [0.15, 0.2) is 47.4 Å². The highest BCUT2D eigenvalue weighted by molar-refractivity contribution is 7.92. The number of nitrogens with one attached hydrogen (secondary N) is 2. The Morgan fingerprint density at radius 3 is 2.69 bits per heavy atom. The average Bonchev–Trinajstić information content (AvgIpc) is 3.44. The van der Waals surface area contributed by atoms with Gasteiger partial charge in [-0.2, -0.15) is 0 Å². The van der Waals surface area contributed by atoms with Crippen LogP contribution >= 0.6 is 0 Å². The first-order valence-electron chi connectivity index (χ1n) is 10.8. The molecule has 170 valence electrons. The molecular weight excluding hydrogens is 430 g/mol. The summed E-state index contributed by atoms with van der Waals surface area (Å²) in [7, 11) is -3.93. The normalized spacial score (nSPS) is 18.7. The van der Waals surface area contributed by atoms with Crippen molar-refractivity contribution in [1.82, 2.24) is 5.32 Å². The minimum absolute atomic E-state index is 0.00761. The molecular formula is C23H27N3O5S. The van der Waals surface area contributed by atoms with Gasteiger partial charge in [-0.15, -0.1) is 0 Å². The Hall–Kier alpha value is -2.91. The van der Waals surface area contributed by atoms with E-state index >= 15 is 0 Å². The number of anilines is 2. The molecule has 32 heavy (non-hydrogen) atoms. The van der Waals surface area contributed by atoms with E-state index in [1.54, 1.807) is 48.2 Å². The lowest BCUT2D eigenvalue weighted by Crippen LogP contribution is -2.32. The maximum atomic E-state index is 13.0. The predicted octanol–water partition coefficient (Wildman–Crippen LogP) is 2.83. The topological polar surface area (TPSA) is 105 Å². The average molecular weight is 458 g/mol. The van der Waals surface area contributed by atoms with Crippen LogP contribution in [-0.2, 0) is 19.6 Å². The maximum Gasteiger partial charge on any atom is 0.261 e. The molecule has 2 aromatic rings. The molecule has 0 spiro atoms. The number of hydrogen-bond acceptors (Lipinski definition) is 5. The Morgan fingerprint density at radius 1 is 1.19 bits per heavy atom. The van der Waals surface area contributed by atoms with Crippen LogP contribution in [0.2, 0.25) is 0 Å². The van der Waals surface area contributed by atoms with Crippen molar-refractivity contribution in [1.29, 1.82) is 0 Å². The molecule has 2 saturated heterocycles. The van der Waals surface area contributed by atoms with Gasteiger partial charge in [0.05, 0.1) is 22.3 Å². The number of amides is 2. The summed E-state index contributed by atoms with van der Waals surface area (Å²) in [6.45, 7) is 3.50. The largest absolute Gasteiger partial charge is 0.376 e. The Bertz CT molecular complexity index is 1130. The summed E-state index contributed by atoms with van der Waals surface area (Å²) in [5.41, 5.74) is 1.87. The molecule has 2 aromatic carbocycles. The Kier molecular flexibility index (Phi) is 6.48. The van der Waals surface area contributed by atoms with Gasteiger partial charge in [0.15, 0.2) is 0 Å². The first-order valence-corrected chi connectivity index (χ1v) is 12.3. The van der Waals surface area contributed by atoms with E-state index in [9.17, 15) is 18.0 Å². The highest BCUT2D eigenvalue weighted by Crippen LogP contribution is 2.28. The Labute approximate surface area is 188 Å². The zero-order valence-corrected chi connectivity index (χ0v) is 18.8. The summed E-state index contributed by atoms with van der Waals surface area (Å²) in [6, 6.07) is 11.2. The summed E-state index contributed by atoms with van der Waals surface area (Å²) in [4.78, 5) is 26.5. The summed E-state index contributed by atoms with van der Waals surface area (Å²) in [5, 5.41) is 2.82. The van der Waals surface area contributed by atoms with E-state index < -0.39 is 10.0 Å². The molecule has 2 amide bonds. The van der Waals surface area contributed by atoms with Gasteiger partial charge in [-0.05, 0) is 62.1 Å². The maximum absolute atomic E-state index is 13.0. The van der Waals surface area contributed by atoms with Crippen molar-refractivity contribution in [2.45, 2.75) is 43.6 Å². The number of benzene rings is 2. The van der Waals surface area contributed by atoms with Gasteiger partial charge in [0.2, 0.25) is 5.91 Å². The van der Waals surface area contributed by atoms with Crippen molar-refractivity contribution in [3.8, 4) is 0 Å². The third kappa shape index (κ3) is 4.78. The molecule has 1 atom stereocenters. The quantitative estimate of drug-likeness (QED) is 0.665. The highest BCUT2D eigenvalue weighted by Gasteiger charge is 2.25. The first-order chi connectivity index (χ1) is 15.3. The second-order valence-corrected chi connectivity index (χ2v) is 9.78. The first kappa shape index (κ1) is 22.3. The van der Waals surface area contributed by atoms with Crippen molar-refractivity contribution < 1.29 is 22.7 Å². The van der Waals surface area contributed by atoms with Crippen molar-refractivity contribution in [2.24, 2.45) is 0 Å². The zero-order chi connectivity index (χ0) is 22.7. The molecule has 8 nitrogen and oxygen atoms in total. The molecule has 0 radical (unpaired) electrons. The van der Waals surface area contributed by atoms with Crippen LogP contribution in [0.1, 0.15) is 41.6 Å². The molecule has 2 aliphatic heterocycles. The molecule has 0 unspecified atom stereocenters. The number of carbonyl (C=O) groups excluding carboxylic acids is 2. The second kappa shape index (κ2) is 9.30. The van der Waals surface area contributed by atoms with Gasteiger partial charge in [-0.25, -0.2) is 8.42 Å². The van der Waals surface area contributed by atoms with Gasteiger partial charge >= 0.3 is 0 Å². The Morgan fingerprint density at radius 2 is 2.00 bits per heavy atom. The van der Waals surface area contributed by atoms with Crippen molar-refractivity contribution >= 4 is 33.2 Å². The van der Waals surface area contributed by atoms with Gasteiger partial charge in [-0.1, -0.05) is 12.1 Å². The van der Waals surface area contributed by atoms with Crippen LogP contribution in [0.5, 0.6) is 0 Å². The minimum Gasteiger partial charge on any atom is -0.376 e. The molecule has 0 aromatic heterocycles. The number of hydrogen-bond donors (Lipinski definition) is 2. The van der Waals surface area contributed by atoms with Gasteiger partial charge < -0.3 is 15.0 Å². The van der Waals surface area contributed by atoms with Gasteiger partial charge in [0.1, 0.15) is 0 Å². The number of nitrogens with zero attached hydrogens (tertiary/aromatic N) is 1. The lowest BCUT2D eigenvalue weighted by Gasteiger charge is -2.19. The lowest BCUT2D eigenvalue weighted by molar-refractivity contribution is -0.117. The van der Waals surface area contributed by atoms with Gasteiger partial charge in [0, 0.05) is 31.8 Å². The molecule has 2 heterocycles. The number of rotatable bonds is 7. The summed E-state index contributed by atoms with van der Waals surface area (Å²) in [6.07, 6.45) is 3.17. The molecule has 0 bridgehead atoms. The fourth-order valence-electron chi connectivity index (χ4n) is 4.08. The van der Waals surface area contributed by atoms with Crippen LogP contribution in [-0.4, -0.2) is 46.0 Å². The third-order valence-corrected chi connectivity index (χ3v) is 7.14. The minimum atomic E-state index is -3.93. The standard InChI is InChI=1S/C23H27N3O5S/c1-16-14-18(10-11-21(16)26-12-4-9-22(26)27)32(29,30)25-20-8-3-2-7-19(20)23(28)24-15-17-6-5-13-31-17/h2-3,7-8,10-11,14,17,25H,4-6,9,12-13,15H2,1H3,(H,24,28)/t17-/m0/s1. The number of ether oxygens (including phenoxy) is 1. The van der Waals surface area contributed by atoms with Crippen LogP contribution in [0.25, 0.3) is 0 Å². The van der Waals surface area contributed by atoms with Crippen LogP contribution in [0.4, 0.5) is 11.4 Å². The summed E-state index contributed by atoms with van der Waals surface area (Å²) >= 11 is 0. The van der Waals surface area contributed by atoms with E-state index in [4.69, 9.17) is 4.74 Å². The van der Waals surface area contributed by atoms with Gasteiger partial charge in [-0.3, -0.25) is 14.3 Å². The number of carbonyl (C=O) groups is 2. The van der Waals surface area contributed by atoms with Gasteiger partial charge in [0.25, 0.3) is 15.9 Å². The van der Waals surface area contributed by atoms with Crippen LogP contribution < -0.4 is 14.9 Å². The Balaban J connectivity index is 1.51. The smallest absolute Gasteiger partial charge is 0.261 e. The van der Waals surface area contributed by atoms with E-state index in [0.29, 0.717) is 31.7 Å². The number of aryl methyl sites for hydroxylation is 1. The molecule has 2 aliphatic rings. The SMILES string of the molecule is Cc1cc(S(=O)(=O)Nc2ccccc2C(=O)NC[C@@H]2CCCO2)ccc1N1CCCC1=O. The second-order valence-electron chi connectivity index (χ2n) is 8.09. The molecule has 0 saturated carbocycles. The van der Waals surface area contributed by atoms with Crippen molar-refractivity contribution in [3.05, 3.63) is 53.6 Å². The fourth-order valence-corrected chi connectivity index (χ4v) is 5.25. The van der Waals surface area contributed by atoms with Crippen LogP contribution in [0.3, 0.4) is 0 Å². The number of sulfonamides is 1. The molecule has 2 fully saturated rings. The van der Waals surface area contributed by atoms with E-state index in [1.165, 1.54) is 6.07 Å². The molecule has 9 heteroatoms. The third-order valence-electron chi connectivity index (χ3n) is 5.77. The molecule has 0 aliphatic carbocycles. The highest BCUT2D eigenvalue weighted by atomic mass is 32.2. The van der Waals surface area contributed by atoms with E-state index in [2.05, 4.69) is 10.0 Å². The predicted molar refractivity (Wildman–Crippen MR) is 121 cm³/mol. The molecule has 2 N–H and O–H groups in total. The van der Waals surface area contributed by atoms with Crippen molar-refractivity contribution in [3.63, 3.8) is 0 Å². The monoisotopic (exact) mass is 457 g/mol. The summed E-state index contributed by atoms with van der Waals surface area (Å²) in [5.74, 6) is -0.317. The molecule has 4 rings (SSSR count). The van der Waals surface area contributed by atoms with E-state index in [-0.39, 0.29) is 34.1 Å².